The Balaban J connectivity index is 1.28. The summed E-state index contributed by atoms with van der Waals surface area (Å²) in [5, 5.41) is 4.68. The molecule has 6 heteroatoms. The van der Waals surface area contributed by atoms with Gasteiger partial charge in [0.1, 0.15) is 5.69 Å². The van der Waals surface area contributed by atoms with Crippen LogP contribution in [0.3, 0.4) is 0 Å². The second-order valence-electron chi connectivity index (χ2n) is 8.05. The second kappa shape index (κ2) is 8.92. The molecule has 3 aromatic rings. The molecule has 30 heavy (non-hydrogen) atoms. The molecule has 1 aliphatic rings. The lowest BCUT2D eigenvalue weighted by atomic mass is 9.92. The molecule has 156 valence electrons. The van der Waals surface area contributed by atoms with Crippen molar-refractivity contribution >= 4 is 34.3 Å². The molecule has 0 aliphatic carbocycles. The molecular formula is C24H26ClN3O2. The Morgan fingerprint density at radius 2 is 1.87 bits per heavy atom. The lowest BCUT2D eigenvalue weighted by Gasteiger charge is -2.31. The van der Waals surface area contributed by atoms with Gasteiger partial charge in [0, 0.05) is 35.4 Å². The lowest BCUT2D eigenvalue weighted by molar-refractivity contribution is -0.122. The van der Waals surface area contributed by atoms with Gasteiger partial charge >= 0.3 is 0 Å². The smallest absolute Gasteiger partial charge is 0.270 e. The summed E-state index contributed by atoms with van der Waals surface area (Å²) >= 11 is 6.04. The van der Waals surface area contributed by atoms with E-state index in [-0.39, 0.29) is 17.9 Å². The first-order valence-electron chi connectivity index (χ1n) is 10.4. The number of carbonyl (C=O) groups excluding carboxylic acids is 2. The third-order valence-corrected chi connectivity index (χ3v) is 6.10. The molecule has 2 aromatic carbocycles. The molecule has 5 nitrogen and oxygen atoms in total. The highest BCUT2D eigenvalue weighted by atomic mass is 35.5. The fourth-order valence-corrected chi connectivity index (χ4v) is 4.30. The van der Waals surface area contributed by atoms with Gasteiger partial charge in [0.25, 0.3) is 5.91 Å². The Kier molecular flexibility index (Phi) is 6.09. The van der Waals surface area contributed by atoms with E-state index in [4.69, 9.17) is 11.6 Å². The van der Waals surface area contributed by atoms with Gasteiger partial charge in [-0.05, 0) is 55.5 Å². The van der Waals surface area contributed by atoms with E-state index in [1.807, 2.05) is 66.4 Å². The van der Waals surface area contributed by atoms with Gasteiger partial charge in [-0.1, -0.05) is 41.9 Å². The largest absolute Gasteiger partial charge is 0.351 e. The van der Waals surface area contributed by atoms with Crippen molar-refractivity contribution in [1.29, 1.82) is 0 Å². The number of nitrogens with one attached hydrogen (secondary N) is 2. The van der Waals surface area contributed by atoms with Crippen molar-refractivity contribution in [3.8, 4) is 0 Å². The number of amides is 2. The van der Waals surface area contributed by atoms with E-state index >= 15 is 0 Å². The van der Waals surface area contributed by atoms with Crippen molar-refractivity contribution in [1.82, 2.24) is 15.2 Å². The van der Waals surface area contributed by atoms with E-state index in [2.05, 4.69) is 10.3 Å². The van der Waals surface area contributed by atoms with Crippen LogP contribution in [0.1, 0.15) is 48.3 Å². The number of rotatable bonds is 5. The van der Waals surface area contributed by atoms with E-state index in [0.29, 0.717) is 36.1 Å². The number of aromatic amines is 1. The summed E-state index contributed by atoms with van der Waals surface area (Å²) in [6.45, 7) is 3.34. The molecule has 2 heterocycles. The maximum atomic E-state index is 12.9. The number of hydrogen-bond acceptors (Lipinski definition) is 2. The number of aromatic nitrogens is 1. The normalized spacial score (nSPS) is 15.9. The average Bonchev–Trinajstić information content (AvgIpc) is 3.17. The van der Waals surface area contributed by atoms with Crippen LogP contribution in [0.2, 0.25) is 5.02 Å². The first-order valence-corrected chi connectivity index (χ1v) is 10.8. The topological polar surface area (TPSA) is 65.2 Å². The molecule has 2 amide bonds. The zero-order valence-corrected chi connectivity index (χ0v) is 17.8. The molecule has 0 unspecified atom stereocenters. The zero-order valence-electron chi connectivity index (χ0n) is 17.0. The number of piperidine rings is 1. The zero-order chi connectivity index (χ0) is 21.1. The number of fused-ring (bicyclic) bond motifs is 1. The van der Waals surface area contributed by atoms with Gasteiger partial charge in [0.05, 0.1) is 6.04 Å². The van der Waals surface area contributed by atoms with E-state index in [0.717, 1.165) is 29.3 Å². The molecule has 0 saturated carbocycles. The number of carbonyl (C=O) groups is 2. The number of H-pyrrole nitrogens is 1. The Morgan fingerprint density at radius 3 is 2.60 bits per heavy atom. The monoisotopic (exact) mass is 423 g/mol. The quantitative estimate of drug-likeness (QED) is 0.610. The van der Waals surface area contributed by atoms with Gasteiger partial charge in [-0.15, -0.1) is 0 Å². The number of benzene rings is 2. The van der Waals surface area contributed by atoms with Gasteiger partial charge < -0.3 is 15.2 Å². The molecule has 1 atom stereocenters. The van der Waals surface area contributed by atoms with E-state index < -0.39 is 0 Å². The first kappa shape index (κ1) is 20.5. The summed E-state index contributed by atoms with van der Waals surface area (Å²) < 4.78 is 0. The molecule has 0 radical (unpaired) electrons. The molecule has 0 spiro atoms. The standard InChI is InChI=1S/C24H26ClN3O2/c1-16(18-5-3-2-4-6-18)26-23(29)13-17-9-11-28(12-10-17)24(30)22-15-19-14-20(25)7-8-21(19)27-22/h2-8,14-17,27H,9-13H2,1H3,(H,26,29)/t16-/m0/s1. The summed E-state index contributed by atoms with van der Waals surface area (Å²) in [6, 6.07) is 17.4. The van der Waals surface area contributed by atoms with Crippen LogP contribution in [0.15, 0.2) is 54.6 Å². The van der Waals surface area contributed by atoms with Crippen LogP contribution >= 0.6 is 11.6 Å². The highest BCUT2D eigenvalue weighted by molar-refractivity contribution is 6.31. The van der Waals surface area contributed by atoms with Crippen LogP contribution < -0.4 is 5.32 Å². The average molecular weight is 424 g/mol. The molecule has 4 rings (SSSR count). The van der Waals surface area contributed by atoms with E-state index in [9.17, 15) is 9.59 Å². The second-order valence-corrected chi connectivity index (χ2v) is 8.49. The van der Waals surface area contributed by atoms with E-state index in [1.165, 1.54) is 0 Å². The van der Waals surface area contributed by atoms with Crippen LogP contribution in [0, 0.1) is 5.92 Å². The Bertz CT molecular complexity index is 1040. The predicted molar refractivity (Wildman–Crippen MR) is 120 cm³/mol. The van der Waals surface area contributed by atoms with E-state index in [1.54, 1.807) is 0 Å². The van der Waals surface area contributed by atoms with Gasteiger partial charge in [-0.3, -0.25) is 9.59 Å². The molecule has 1 saturated heterocycles. The van der Waals surface area contributed by atoms with Crippen LogP contribution in [0.4, 0.5) is 0 Å². The van der Waals surface area contributed by atoms with Gasteiger partial charge in [0.2, 0.25) is 5.91 Å². The minimum absolute atomic E-state index is 0.00271. The number of hydrogen-bond donors (Lipinski definition) is 2. The summed E-state index contributed by atoms with van der Waals surface area (Å²) in [6.07, 6.45) is 2.18. The van der Waals surface area contributed by atoms with Crippen molar-refractivity contribution in [3.05, 3.63) is 70.9 Å². The third-order valence-electron chi connectivity index (χ3n) is 5.87. The van der Waals surface area contributed by atoms with Crippen molar-refractivity contribution < 1.29 is 9.59 Å². The fourth-order valence-electron chi connectivity index (χ4n) is 4.12. The third kappa shape index (κ3) is 4.68. The summed E-state index contributed by atoms with van der Waals surface area (Å²) in [4.78, 5) is 30.4. The van der Waals surface area contributed by atoms with Gasteiger partial charge in [-0.2, -0.15) is 0 Å². The predicted octanol–water partition coefficient (Wildman–Crippen LogP) is 4.94. The van der Waals surface area contributed by atoms with Crippen LogP contribution in [-0.2, 0) is 4.79 Å². The SMILES string of the molecule is C[C@H](NC(=O)CC1CCN(C(=O)c2cc3cc(Cl)ccc3[nH]2)CC1)c1ccccc1. The minimum atomic E-state index is -0.00381. The Hall–Kier alpha value is -2.79. The van der Waals surface area contributed by atoms with Crippen molar-refractivity contribution in [2.75, 3.05) is 13.1 Å². The maximum absolute atomic E-state index is 12.9. The highest BCUT2D eigenvalue weighted by Crippen LogP contribution is 2.25. The Labute approximate surface area is 181 Å². The van der Waals surface area contributed by atoms with Crippen molar-refractivity contribution in [3.63, 3.8) is 0 Å². The Morgan fingerprint density at radius 1 is 1.13 bits per heavy atom. The number of likely N-dealkylation sites (tertiary alicyclic amines) is 1. The molecule has 2 N–H and O–H groups in total. The van der Waals surface area contributed by atoms with Crippen LogP contribution in [0.25, 0.3) is 10.9 Å². The highest BCUT2D eigenvalue weighted by Gasteiger charge is 2.26. The fraction of sp³-hybridized carbons (Fsp3) is 0.333. The summed E-state index contributed by atoms with van der Waals surface area (Å²) in [5.74, 6) is 0.380. The molecule has 1 aromatic heterocycles. The molecule has 0 bridgehead atoms. The summed E-state index contributed by atoms with van der Waals surface area (Å²) in [5.41, 5.74) is 2.59. The molecule has 1 aliphatic heterocycles. The van der Waals surface area contributed by atoms with Crippen LogP contribution in [0.5, 0.6) is 0 Å². The minimum Gasteiger partial charge on any atom is -0.351 e. The summed E-state index contributed by atoms with van der Waals surface area (Å²) in [7, 11) is 0. The van der Waals surface area contributed by atoms with Gasteiger partial charge in [0.15, 0.2) is 0 Å². The molecule has 1 fully saturated rings. The van der Waals surface area contributed by atoms with Crippen molar-refractivity contribution in [2.45, 2.75) is 32.2 Å². The molecular weight excluding hydrogens is 398 g/mol. The van der Waals surface area contributed by atoms with Crippen molar-refractivity contribution in [2.24, 2.45) is 5.92 Å². The van der Waals surface area contributed by atoms with Gasteiger partial charge in [-0.25, -0.2) is 0 Å². The number of nitrogens with zero attached hydrogens (tertiary/aromatic N) is 1. The first-order chi connectivity index (χ1) is 14.5. The van der Waals surface area contributed by atoms with Crippen LogP contribution in [-0.4, -0.2) is 34.8 Å². The maximum Gasteiger partial charge on any atom is 0.270 e. The number of halogens is 1. The lowest BCUT2D eigenvalue weighted by Crippen LogP contribution is -2.40.